The molecular weight excluding hydrogens is 978 g/mol. The van der Waals surface area contributed by atoms with E-state index in [2.05, 4.69) is 82.0 Å². The quantitative estimate of drug-likeness (QED) is 0.0274. The zero-order chi connectivity index (χ0) is 41.5. The maximum absolute atomic E-state index is 13.7. The summed E-state index contributed by atoms with van der Waals surface area (Å²) in [5.41, 5.74) is 0. The molecule has 0 nitrogen and oxygen atoms in total. The first-order chi connectivity index (χ1) is 26.6. The Labute approximate surface area is 365 Å². The number of hydrogen-bond donors (Lipinski definition) is 0. The van der Waals surface area contributed by atoms with Gasteiger partial charge in [0.1, 0.15) is 0 Å². The first-order valence-corrected chi connectivity index (χ1v) is 40.3. The van der Waals surface area contributed by atoms with Gasteiger partial charge in [0.15, 0.2) is 0 Å². The van der Waals surface area contributed by atoms with Crippen LogP contribution in [-0.2, 0) is 0 Å². The molecule has 6 radical (unpaired) electrons. The molecule has 0 N–H and O–H groups in total. The molecule has 55 heavy (non-hydrogen) atoms. The molecule has 0 bridgehead atoms. The van der Waals surface area contributed by atoms with Crippen LogP contribution in [0, 0.1) is 29.1 Å². The van der Waals surface area contributed by atoms with Crippen molar-refractivity contribution in [3.05, 3.63) is 59.4 Å². The summed E-state index contributed by atoms with van der Waals surface area (Å²) in [4.78, 5) is 0.818. The molecule has 0 aromatic heterocycles. The van der Waals surface area contributed by atoms with Crippen molar-refractivity contribution in [1.29, 1.82) is 0 Å². The Morgan fingerprint density at radius 2 is 0.691 bits per heavy atom. The fraction of sp³-hybridized carbons (Fsp3) is 0.727. The van der Waals surface area contributed by atoms with Crippen LogP contribution in [0.4, 0.5) is 22.0 Å². The van der Waals surface area contributed by atoms with Crippen LogP contribution < -0.4 is 0 Å². The zero-order valence-electron chi connectivity index (χ0n) is 36.1. The second-order valence-electron chi connectivity index (χ2n) is 13.8. The predicted octanol–water partition coefficient (Wildman–Crippen LogP) is 17.7. The van der Waals surface area contributed by atoms with Gasteiger partial charge in [-0.1, -0.05) is 0 Å². The summed E-state index contributed by atoms with van der Waals surface area (Å²) < 4.78 is 66.8. The predicted molar refractivity (Wildman–Crippen MR) is 245 cm³/mol. The summed E-state index contributed by atoms with van der Waals surface area (Å²) in [5.74, 6) is -9.15. The summed E-state index contributed by atoms with van der Waals surface area (Å²) in [5, 5.41) is 11.1. The number of benzene rings is 2. The summed E-state index contributed by atoms with van der Waals surface area (Å²) in [6.45, 7) is 17.8. The van der Waals surface area contributed by atoms with E-state index in [1.807, 2.05) is 13.8 Å². The van der Waals surface area contributed by atoms with E-state index in [0.717, 1.165) is 46.3 Å². The van der Waals surface area contributed by atoms with Crippen LogP contribution in [0.2, 0.25) is 42.0 Å². The molecule has 0 unspecified atom stereocenters. The molecule has 0 atom stereocenters. The second-order valence-corrected chi connectivity index (χ2v) is 38.7. The number of rotatable bonds is 28. The average Bonchev–Trinajstić information content (AvgIpc) is 3.20. The van der Waals surface area contributed by atoms with Crippen LogP contribution in [0.25, 0.3) is 0 Å². The first kappa shape index (κ1) is 58.1. The second kappa shape index (κ2) is 43.1. The fourth-order valence-corrected chi connectivity index (χ4v) is 31.5. The van der Waals surface area contributed by atoms with Crippen molar-refractivity contribution in [3.8, 4) is 0 Å². The minimum atomic E-state index is -2.09. The van der Waals surface area contributed by atoms with Crippen LogP contribution in [0.5, 0.6) is 0 Å². The van der Waals surface area contributed by atoms with Gasteiger partial charge in [0.05, 0.1) is 0 Å². The number of halogens is 5. The van der Waals surface area contributed by atoms with E-state index in [1.165, 1.54) is 92.5 Å². The molecule has 0 saturated carbocycles. The third-order valence-electron chi connectivity index (χ3n) is 8.49. The molecule has 0 saturated heterocycles. The maximum atomic E-state index is 13.7. The van der Waals surface area contributed by atoms with E-state index in [9.17, 15) is 22.0 Å². The number of unbranched alkanes of at least 4 members (excludes halogenated alkanes) is 8. The molecule has 0 aliphatic rings. The van der Waals surface area contributed by atoms with E-state index in [-0.39, 0.29) is 0 Å². The van der Waals surface area contributed by atoms with Gasteiger partial charge in [-0.2, -0.15) is 0 Å². The van der Waals surface area contributed by atoms with Gasteiger partial charge >= 0.3 is 369 Å². The summed E-state index contributed by atoms with van der Waals surface area (Å²) in [6.07, 6.45) is 20.9. The zero-order valence-corrected chi connectivity index (χ0v) is 46.1. The first-order valence-electron chi connectivity index (χ1n) is 21.7. The molecule has 0 heterocycles. The molecular formula is C44H77F5Ge4S2. The van der Waals surface area contributed by atoms with Gasteiger partial charge in [0.25, 0.3) is 0 Å². The molecule has 0 aliphatic heterocycles. The van der Waals surface area contributed by atoms with E-state index >= 15 is 0 Å². The Morgan fingerprint density at radius 1 is 0.400 bits per heavy atom. The molecule has 0 spiro atoms. The third-order valence-corrected chi connectivity index (χ3v) is 34.4. The molecule has 316 valence electrons. The topological polar surface area (TPSA) is 0 Å². The summed E-state index contributed by atoms with van der Waals surface area (Å²) >= 11 is -1.79. The Bertz CT molecular complexity index is 1050. The molecule has 0 fully saturated rings. The number of hydrogen-bond acceptors (Lipinski definition) is 2. The Hall–Kier alpha value is 0.961. The van der Waals surface area contributed by atoms with E-state index in [1.54, 1.807) is 21.0 Å². The van der Waals surface area contributed by atoms with Crippen LogP contribution >= 0.6 is 20.2 Å². The Morgan fingerprint density at radius 3 is 1.00 bits per heavy atom. The van der Waals surface area contributed by atoms with Crippen molar-refractivity contribution in [2.24, 2.45) is 0 Å². The van der Waals surface area contributed by atoms with Crippen LogP contribution in [0.1, 0.15) is 158 Å². The SMILES string of the molecule is CCC[CH2][Ge]([CH2]CCC)[S]c1c(F)c(F)c(F)c(F)c1F.CCC[CH2][Ge]([CH2]CCC)[S]c1ccccc1.CCC[CH2][Ge][CH2]CCC.CCC[CH2][Ge][CH2]CCC. The van der Waals surface area contributed by atoms with Crippen molar-refractivity contribution in [3.63, 3.8) is 0 Å². The molecule has 0 aliphatic carbocycles. The van der Waals surface area contributed by atoms with Gasteiger partial charge in [-0.15, -0.1) is 0 Å². The van der Waals surface area contributed by atoms with Crippen molar-refractivity contribution in [2.75, 3.05) is 0 Å². The molecule has 0 amide bonds. The molecule has 11 heteroatoms. The van der Waals surface area contributed by atoms with Crippen molar-refractivity contribution < 1.29 is 22.0 Å². The van der Waals surface area contributed by atoms with Crippen molar-refractivity contribution in [2.45, 2.75) is 210 Å². The van der Waals surface area contributed by atoms with Gasteiger partial charge in [0.2, 0.25) is 0 Å². The third kappa shape index (κ3) is 32.4. The summed E-state index contributed by atoms with van der Waals surface area (Å²) in [7, 11) is 3.16. The van der Waals surface area contributed by atoms with Crippen LogP contribution in [0.3, 0.4) is 0 Å². The van der Waals surface area contributed by atoms with E-state index in [4.69, 9.17) is 0 Å². The van der Waals surface area contributed by atoms with Gasteiger partial charge in [-0.25, -0.2) is 0 Å². The average molecular weight is 1060 g/mol. The van der Waals surface area contributed by atoms with Crippen LogP contribution in [0.15, 0.2) is 40.1 Å². The Kier molecular flexibility index (Phi) is 45.5. The molecule has 2 rings (SSSR count). The normalized spacial score (nSPS) is 10.8. The Balaban J connectivity index is 0. The van der Waals surface area contributed by atoms with Gasteiger partial charge in [-0.05, 0) is 0 Å². The van der Waals surface area contributed by atoms with E-state index < -0.39 is 60.4 Å². The van der Waals surface area contributed by atoms with Gasteiger partial charge < -0.3 is 0 Å². The van der Waals surface area contributed by atoms with Gasteiger partial charge in [0, 0.05) is 0 Å². The summed E-state index contributed by atoms with van der Waals surface area (Å²) in [6, 6.07) is 11.0. The fourth-order valence-electron chi connectivity index (χ4n) is 4.88. The standard InChI is InChI=1S/C14H18F5GeS.C14H23GeS.2C8H18Ge/c1-3-5-7-20(8-6-4-2)21-14-12(18)10(16)9(15)11(17)13(14)19;1-3-5-12-15(13-6-4-2)16-14-10-8-7-9-11-14;2*1-3-5-7-9-8-6-4-2/h3-8H2,1-2H3;7-11H,3-6,12-13H2,1-2H3;2*3-8H2,1-2H3. The van der Waals surface area contributed by atoms with Crippen molar-refractivity contribution in [1.82, 2.24) is 0 Å². The van der Waals surface area contributed by atoms with E-state index in [0.29, 0.717) is 30.9 Å². The molecule has 2 aromatic carbocycles. The minimum absolute atomic E-state index is 0.496. The molecule has 2 aromatic rings. The van der Waals surface area contributed by atoms with Crippen LogP contribution in [-0.4, -0.2) is 57.3 Å². The monoisotopic (exact) mass is 1060 g/mol. The van der Waals surface area contributed by atoms with Gasteiger partial charge in [-0.3, -0.25) is 0 Å². The van der Waals surface area contributed by atoms with Crippen molar-refractivity contribution >= 4 is 77.5 Å².